The van der Waals surface area contributed by atoms with Crippen LogP contribution < -0.4 is 11.1 Å². The minimum absolute atomic E-state index is 0.162. The van der Waals surface area contributed by atoms with Gasteiger partial charge in [0.2, 0.25) is 0 Å². The van der Waals surface area contributed by atoms with Crippen LogP contribution in [0.3, 0.4) is 0 Å². The standard InChI is InChI=1S/C18H18N4O3/c1-2-8-20-17(23)14-15(19)22-9-4-7-13(16(22)21-14)11-5-3-6-12(10-11)18(24)25/h3-7,9-10H,2,8,19H2,1H3,(H,20,23)(H,24,25). The van der Waals surface area contributed by atoms with Crippen LogP contribution in [0.2, 0.25) is 0 Å². The Kier molecular flexibility index (Phi) is 4.38. The van der Waals surface area contributed by atoms with Gasteiger partial charge in [-0.15, -0.1) is 0 Å². The van der Waals surface area contributed by atoms with Gasteiger partial charge in [0.25, 0.3) is 5.91 Å². The highest BCUT2D eigenvalue weighted by Gasteiger charge is 2.19. The average molecular weight is 338 g/mol. The number of hydrogen-bond acceptors (Lipinski definition) is 4. The lowest BCUT2D eigenvalue weighted by Crippen LogP contribution is -2.25. The molecular weight excluding hydrogens is 320 g/mol. The Balaban J connectivity index is 2.13. The van der Waals surface area contributed by atoms with Gasteiger partial charge in [-0.05, 0) is 36.2 Å². The van der Waals surface area contributed by atoms with Crippen molar-refractivity contribution >= 4 is 23.3 Å². The van der Waals surface area contributed by atoms with E-state index in [0.717, 1.165) is 6.42 Å². The second kappa shape index (κ2) is 6.64. The number of benzene rings is 1. The topological polar surface area (TPSA) is 110 Å². The Morgan fingerprint density at radius 1 is 1.28 bits per heavy atom. The van der Waals surface area contributed by atoms with Crippen LogP contribution >= 0.6 is 0 Å². The number of carboxylic acids is 1. The number of nitrogens with one attached hydrogen (secondary N) is 1. The van der Waals surface area contributed by atoms with Crippen molar-refractivity contribution in [2.24, 2.45) is 0 Å². The molecule has 1 aromatic carbocycles. The molecule has 0 saturated heterocycles. The van der Waals surface area contributed by atoms with Gasteiger partial charge in [0.05, 0.1) is 5.56 Å². The van der Waals surface area contributed by atoms with Gasteiger partial charge in [-0.3, -0.25) is 9.20 Å². The SMILES string of the molecule is CCCNC(=O)c1nc2c(-c3cccc(C(=O)O)c3)cccn2c1N. The number of fused-ring (bicyclic) bond motifs is 1. The van der Waals surface area contributed by atoms with Gasteiger partial charge in [0, 0.05) is 18.3 Å². The molecule has 25 heavy (non-hydrogen) atoms. The fourth-order valence-electron chi connectivity index (χ4n) is 2.62. The monoisotopic (exact) mass is 338 g/mol. The van der Waals surface area contributed by atoms with Crippen molar-refractivity contribution in [1.82, 2.24) is 14.7 Å². The van der Waals surface area contributed by atoms with Crippen LogP contribution in [0.5, 0.6) is 0 Å². The molecule has 4 N–H and O–H groups in total. The van der Waals surface area contributed by atoms with E-state index in [2.05, 4.69) is 10.3 Å². The van der Waals surface area contributed by atoms with Crippen LogP contribution in [0, 0.1) is 0 Å². The number of pyridine rings is 1. The summed E-state index contributed by atoms with van der Waals surface area (Å²) in [5.74, 6) is -1.08. The summed E-state index contributed by atoms with van der Waals surface area (Å²) in [6.45, 7) is 2.50. The quantitative estimate of drug-likeness (QED) is 0.662. The molecule has 0 spiro atoms. The molecular formula is C18H18N4O3. The smallest absolute Gasteiger partial charge is 0.335 e. The number of rotatable bonds is 5. The Labute approximate surface area is 144 Å². The number of aromatic nitrogens is 2. The summed E-state index contributed by atoms with van der Waals surface area (Å²) in [5.41, 5.74) is 8.32. The van der Waals surface area contributed by atoms with Crippen LogP contribution in [0.1, 0.15) is 34.2 Å². The largest absolute Gasteiger partial charge is 0.478 e. The van der Waals surface area contributed by atoms with E-state index in [1.807, 2.05) is 13.0 Å². The summed E-state index contributed by atoms with van der Waals surface area (Å²) < 4.78 is 1.63. The molecule has 2 aromatic heterocycles. The summed E-state index contributed by atoms with van der Waals surface area (Å²) in [7, 11) is 0. The number of hydrogen-bond donors (Lipinski definition) is 3. The Morgan fingerprint density at radius 2 is 2.08 bits per heavy atom. The van der Waals surface area contributed by atoms with Crippen LogP contribution in [-0.4, -0.2) is 32.9 Å². The van der Waals surface area contributed by atoms with E-state index >= 15 is 0 Å². The number of nitrogen functional groups attached to an aromatic ring is 1. The molecule has 1 amide bonds. The number of amides is 1. The van der Waals surface area contributed by atoms with Gasteiger partial charge < -0.3 is 16.2 Å². The first-order chi connectivity index (χ1) is 12.0. The molecule has 0 saturated carbocycles. The third-order valence-corrected chi connectivity index (χ3v) is 3.86. The molecule has 7 nitrogen and oxygen atoms in total. The molecule has 2 heterocycles. The third-order valence-electron chi connectivity index (χ3n) is 3.86. The number of anilines is 1. The molecule has 0 bridgehead atoms. The zero-order valence-electron chi connectivity index (χ0n) is 13.7. The summed E-state index contributed by atoms with van der Waals surface area (Å²) in [6, 6.07) is 10.2. The number of aromatic carboxylic acids is 1. The van der Waals surface area contributed by atoms with E-state index in [4.69, 9.17) is 5.73 Å². The molecule has 0 atom stereocenters. The lowest BCUT2D eigenvalue weighted by atomic mass is 10.0. The predicted octanol–water partition coefficient (Wildman–Crippen LogP) is 2.42. The molecule has 7 heteroatoms. The third kappa shape index (κ3) is 3.03. The Hall–Kier alpha value is -3.35. The normalized spacial score (nSPS) is 10.8. The first-order valence-corrected chi connectivity index (χ1v) is 7.91. The van der Waals surface area contributed by atoms with Crippen molar-refractivity contribution in [2.75, 3.05) is 12.3 Å². The minimum atomic E-state index is -1.00. The van der Waals surface area contributed by atoms with E-state index in [-0.39, 0.29) is 23.0 Å². The van der Waals surface area contributed by atoms with Gasteiger partial charge in [-0.1, -0.05) is 19.1 Å². The fourth-order valence-corrected chi connectivity index (χ4v) is 2.62. The molecule has 0 unspecified atom stereocenters. The summed E-state index contributed by atoms with van der Waals surface area (Å²) in [6.07, 6.45) is 2.53. The van der Waals surface area contributed by atoms with Crippen LogP contribution in [0.25, 0.3) is 16.8 Å². The van der Waals surface area contributed by atoms with Crippen molar-refractivity contribution in [3.63, 3.8) is 0 Å². The second-order valence-corrected chi connectivity index (χ2v) is 5.60. The number of carbonyl (C=O) groups is 2. The van der Waals surface area contributed by atoms with Crippen molar-refractivity contribution in [1.29, 1.82) is 0 Å². The zero-order chi connectivity index (χ0) is 18.0. The van der Waals surface area contributed by atoms with Crippen molar-refractivity contribution in [2.45, 2.75) is 13.3 Å². The highest BCUT2D eigenvalue weighted by molar-refractivity contribution is 5.99. The predicted molar refractivity (Wildman–Crippen MR) is 94.6 cm³/mol. The average Bonchev–Trinajstić information content (AvgIpc) is 2.97. The van der Waals surface area contributed by atoms with Gasteiger partial charge in [0.15, 0.2) is 5.69 Å². The maximum Gasteiger partial charge on any atom is 0.335 e. The molecule has 128 valence electrons. The molecule has 0 fully saturated rings. The molecule has 0 radical (unpaired) electrons. The number of nitrogens with two attached hydrogens (primary N) is 1. The van der Waals surface area contributed by atoms with Gasteiger partial charge in [-0.25, -0.2) is 9.78 Å². The maximum atomic E-state index is 12.2. The first-order valence-electron chi connectivity index (χ1n) is 7.91. The molecule has 0 aliphatic carbocycles. The summed E-state index contributed by atoms with van der Waals surface area (Å²) in [5, 5.41) is 11.9. The molecule has 0 aliphatic heterocycles. The number of nitrogens with zero attached hydrogens (tertiary/aromatic N) is 2. The van der Waals surface area contributed by atoms with E-state index in [1.54, 1.807) is 34.9 Å². The van der Waals surface area contributed by atoms with Gasteiger partial charge in [0.1, 0.15) is 11.5 Å². The summed E-state index contributed by atoms with van der Waals surface area (Å²) in [4.78, 5) is 27.8. The van der Waals surface area contributed by atoms with Crippen molar-refractivity contribution < 1.29 is 14.7 Å². The molecule has 0 aliphatic rings. The van der Waals surface area contributed by atoms with Crippen LogP contribution in [-0.2, 0) is 0 Å². The fraction of sp³-hybridized carbons (Fsp3) is 0.167. The van der Waals surface area contributed by atoms with Crippen LogP contribution in [0.15, 0.2) is 42.6 Å². The number of imidazole rings is 1. The lowest BCUT2D eigenvalue weighted by molar-refractivity contribution is 0.0696. The van der Waals surface area contributed by atoms with Gasteiger partial charge >= 0.3 is 5.97 Å². The molecule has 3 aromatic rings. The minimum Gasteiger partial charge on any atom is -0.478 e. The molecule has 3 rings (SSSR count). The second-order valence-electron chi connectivity index (χ2n) is 5.60. The highest BCUT2D eigenvalue weighted by Crippen LogP contribution is 2.27. The van der Waals surface area contributed by atoms with Crippen LogP contribution in [0.4, 0.5) is 5.82 Å². The van der Waals surface area contributed by atoms with E-state index in [9.17, 15) is 14.7 Å². The number of carboxylic acid groups (broad SMARTS) is 1. The zero-order valence-corrected chi connectivity index (χ0v) is 13.7. The van der Waals surface area contributed by atoms with E-state index in [0.29, 0.717) is 23.3 Å². The first kappa shape index (κ1) is 16.5. The summed E-state index contributed by atoms with van der Waals surface area (Å²) >= 11 is 0. The van der Waals surface area contributed by atoms with E-state index < -0.39 is 5.97 Å². The Bertz CT molecular complexity index is 962. The maximum absolute atomic E-state index is 12.2. The Morgan fingerprint density at radius 3 is 2.80 bits per heavy atom. The van der Waals surface area contributed by atoms with Gasteiger partial charge in [-0.2, -0.15) is 0 Å². The lowest BCUT2D eigenvalue weighted by Gasteiger charge is -2.05. The van der Waals surface area contributed by atoms with E-state index in [1.165, 1.54) is 6.07 Å². The highest BCUT2D eigenvalue weighted by atomic mass is 16.4. The number of carbonyl (C=O) groups excluding carboxylic acids is 1. The van der Waals surface area contributed by atoms with Crippen molar-refractivity contribution in [3.8, 4) is 11.1 Å². The van der Waals surface area contributed by atoms with Crippen molar-refractivity contribution in [3.05, 3.63) is 53.9 Å².